The number of hydrogen-bond acceptors (Lipinski definition) is 6. The number of carbonyl (C=O) groups is 3. The molecule has 0 atom stereocenters. The summed E-state index contributed by atoms with van der Waals surface area (Å²) in [5.74, 6) is -0.287. The van der Waals surface area contributed by atoms with E-state index >= 15 is 0 Å². The summed E-state index contributed by atoms with van der Waals surface area (Å²) in [4.78, 5) is 34.2. The second-order valence-corrected chi connectivity index (χ2v) is 5.52. The lowest BCUT2D eigenvalue weighted by molar-refractivity contribution is -0.118. The van der Waals surface area contributed by atoms with Gasteiger partial charge in [0.05, 0.1) is 18.5 Å². The van der Waals surface area contributed by atoms with Gasteiger partial charge in [-0.15, -0.1) is 11.8 Å². The van der Waals surface area contributed by atoms with Crippen LogP contribution in [0.2, 0.25) is 0 Å². The Kier molecular flexibility index (Phi) is 8.06. The van der Waals surface area contributed by atoms with E-state index in [-0.39, 0.29) is 23.9 Å². The molecule has 0 aliphatic carbocycles. The maximum atomic E-state index is 11.8. The fraction of sp³-hybridized carbons (Fsp3) is 0.286. The fourth-order valence-corrected chi connectivity index (χ4v) is 2.20. The number of alkyl carbamates (subject to hydrolysis) is 1. The molecule has 0 fully saturated rings. The van der Waals surface area contributed by atoms with Gasteiger partial charge in [-0.2, -0.15) is 0 Å². The van der Waals surface area contributed by atoms with E-state index in [1.54, 1.807) is 12.1 Å². The second kappa shape index (κ2) is 9.80. The zero-order chi connectivity index (χ0) is 17.2. The largest absolute Gasteiger partial charge is 0.453 e. The van der Waals surface area contributed by atoms with Crippen LogP contribution in [0.1, 0.15) is 12.8 Å². The van der Waals surface area contributed by atoms with Crippen LogP contribution >= 0.6 is 24.0 Å². The number of rotatable bonds is 6. The van der Waals surface area contributed by atoms with Gasteiger partial charge in [0.15, 0.2) is 5.11 Å². The van der Waals surface area contributed by atoms with E-state index in [1.807, 2.05) is 12.3 Å². The van der Waals surface area contributed by atoms with Crippen molar-refractivity contribution < 1.29 is 19.1 Å². The van der Waals surface area contributed by atoms with Crippen molar-refractivity contribution in [3.8, 4) is 0 Å². The number of carbonyl (C=O) groups excluding carboxylic acids is 3. The first kappa shape index (κ1) is 18.9. The topological polar surface area (TPSA) is 96.5 Å². The molecule has 1 aromatic carbocycles. The van der Waals surface area contributed by atoms with Crippen LogP contribution in [0.15, 0.2) is 23.1 Å². The van der Waals surface area contributed by atoms with Crippen molar-refractivity contribution in [1.82, 2.24) is 5.32 Å². The fourth-order valence-electron chi connectivity index (χ4n) is 1.56. The third-order valence-corrected chi connectivity index (χ3v) is 3.57. The lowest BCUT2D eigenvalue weighted by Crippen LogP contribution is -2.34. The molecule has 1 aromatic rings. The molecule has 0 aliphatic rings. The third kappa shape index (κ3) is 6.66. The van der Waals surface area contributed by atoms with Crippen LogP contribution in [0.25, 0.3) is 0 Å². The summed E-state index contributed by atoms with van der Waals surface area (Å²) in [5, 5.41) is 7.89. The number of methoxy groups -OCH3 is 1. The monoisotopic (exact) mass is 355 g/mol. The molecule has 1 rings (SSSR count). The molecule has 0 aliphatic heterocycles. The summed E-state index contributed by atoms with van der Waals surface area (Å²) in [6, 6.07) is 5.34. The van der Waals surface area contributed by atoms with Crippen molar-refractivity contribution >= 4 is 58.8 Å². The lowest BCUT2D eigenvalue weighted by atomic mass is 10.2. The zero-order valence-electron chi connectivity index (χ0n) is 12.7. The number of aldehydes is 1. The minimum Gasteiger partial charge on any atom is -0.453 e. The molecule has 0 aromatic heterocycles. The first-order valence-electron chi connectivity index (χ1n) is 6.57. The molecule has 0 radical (unpaired) electrons. The van der Waals surface area contributed by atoms with Gasteiger partial charge in [0.25, 0.3) is 0 Å². The van der Waals surface area contributed by atoms with Crippen molar-refractivity contribution in [2.45, 2.75) is 17.7 Å². The number of ether oxygens (including phenoxy) is 1. The van der Waals surface area contributed by atoms with Crippen molar-refractivity contribution in [2.75, 3.05) is 24.0 Å². The van der Waals surface area contributed by atoms with E-state index in [1.165, 1.54) is 18.9 Å². The number of benzene rings is 1. The highest BCUT2D eigenvalue weighted by Crippen LogP contribution is 2.27. The minimum absolute atomic E-state index is 0.0390. The van der Waals surface area contributed by atoms with E-state index < -0.39 is 6.09 Å². The van der Waals surface area contributed by atoms with Crippen molar-refractivity contribution in [2.24, 2.45) is 0 Å². The first-order chi connectivity index (χ1) is 11.0. The van der Waals surface area contributed by atoms with Gasteiger partial charge in [-0.25, -0.2) is 4.79 Å². The molecule has 0 spiro atoms. The number of amides is 2. The third-order valence-electron chi connectivity index (χ3n) is 2.64. The standard InChI is InChI=1S/C14H17N3O4S2/c1-21-14(20)17-13(22)16-10-6-5-9(23-2)8-11(10)15-12(19)4-3-7-18/h5-8H,3-4H2,1-2H3,(H,15,19)(H2,16,17,20,22). The van der Waals surface area contributed by atoms with Crippen molar-refractivity contribution in [3.63, 3.8) is 0 Å². The maximum Gasteiger partial charge on any atom is 0.413 e. The molecular weight excluding hydrogens is 338 g/mol. The van der Waals surface area contributed by atoms with Crippen LogP contribution in [0.5, 0.6) is 0 Å². The van der Waals surface area contributed by atoms with Gasteiger partial charge in [0.2, 0.25) is 5.91 Å². The Morgan fingerprint density at radius 2 is 2.04 bits per heavy atom. The molecule has 7 nitrogen and oxygen atoms in total. The predicted molar refractivity (Wildman–Crippen MR) is 93.9 cm³/mol. The van der Waals surface area contributed by atoms with E-state index in [4.69, 9.17) is 12.2 Å². The van der Waals surface area contributed by atoms with Crippen LogP contribution < -0.4 is 16.0 Å². The Labute approximate surface area is 143 Å². The number of thioether (sulfide) groups is 1. The van der Waals surface area contributed by atoms with E-state index in [2.05, 4.69) is 20.7 Å². The van der Waals surface area contributed by atoms with Crippen LogP contribution in [0.4, 0.5) is 16.2 Å². The highest BCUT2D eigenvalue weighted by Gasteiger charge is 2.11. The maximum absolute atomic E-state index is 11.8. The molecule has 0 bridgehead atoms. The van der Waals surface area contributed by atoms with Gasteiger partial charge in [-0.3, -0.25) is 10.1 Å². The normalized spacial score (nSPS) is 9.65. The van der Waals surface area contributed by atoms with Crippen molar-refractivity contribution in [1.29, 1.82) is 0 Å². The molecular formula is C14H17N3O4S2. The minimum atomic E-state index is -0.695. The molecule has 0 saturated carbocycles. The summed E-state index contributed by atoms with van der Waals surface area (Å²) in [7, 11) is 1.23. The van der Waals surface area contributed by atoms with E-state index in [0.717, 1.165) is 4.90 Å². The SMILES string of the molecule is COC(=O)NC(=S)Nc1ccc(SC)cc1NC(=O)CCC=O. The molecule has 23 heavy (non-hydrogen) atoms. The second-order valence-electron chi connectivity index (χ2n) is 4.24. The summed E-state index contributed by atoms with van der Waals surface area (Å²) in [5.41, 5.74) is 1.02. The predicted octanol–water partition coefficient (Wildman–Crippen LogP) is 2.38. The molecule has 0 saturated heterocycles. The summed E-state index contributed by atoms with van der Waals surface area (Å²) in [6.45, 7) is 0. The van der Waals surface area contributed by atoms with Crippen LogP contribution in [0.3, 0.4) is 0 Å². The van der Waals surface area contributed by atoms with Gasteiger partial charge in [-0.1, -0.05) is 0 Å². The Morgan fingerprint density at radius 3 is 2.65 bits per heavy atom. The Balaban J connectivity index is 2.88. The molecule has 0 heterocycles. The zero-order valence-corrected chi connectivity index (χ0v) is 14.3. The van der Waals surface area contributed by atoms with Crippen molar-refractivity contribution in [3.05, 3.63) is 18.2 Å². The summed E-state index contributed by atoms with van der Waals surface area (Å²) >= 11 is 6.51. The Hall–Kier alpha value is -2.13. The summed E-state index contributed by atoms with van der Waals surface area (Å²) in [6.07, 6.45) is 2.15. The van der Waals surface area contributed by atoms with Crippen LogP contribution in [-0.4, -0.2) is 36.8 Å². The highest BCUT2D eigenvalue weighted by atomic mass is 32.2. The van der Waals surface area contributed by atoms with Crippen LogP contribution in [-0.2, 0) is 14.3 Å². The number of hydrogen-bond donors (Lipinski definition) is 3. The van der Waals surface area contributed by atoms with Gasteiger partial charge in [0.1, 0.15) is 6.29 Å². The average Bonchev–Trinajstić information content (AvgIpc) is 2.54. The van der Waals surface area contributed by atoms with E-state index in [9.17, 15) is 14.4 Å². The van der Waals surface area contributed by atoms with Gasteiger partial charge >= 0.3 is 6.09 Å². The van der Waals surface area contributed by atoms with E-state index in [0.29, 0.717) is 17.7 Å². The molecule has 3 N–H and O–H groups in total. The Morgan fingerprint density at radius 1 is 1.30 bits per heavy atom. The van der Waals surface area contributed by atoms with Gasteiger partial charge < -0.3 is 20.2 Å². The molecule has 9 heteroatoms. The molecule has 0 unspecified atom stereocenters. The average molecular weight is 355 g/mol. The van der Waals surface area contributed by atoms with Gasteiger partial charge in [-0.05, 0) is 36.7 Å². The molecule has 2 amide bonds. The summed E-state index contributed by atoms with van der Waals surface area (Å²) < 4.78 is 4.45. The highest BCUT2D eigenvalue weighted by molar-refractivity contribution is 7.98. The Bertz CT molecular complexity index is 608. The number of nitrogens with one attached hydrogen (secondary N) is 3. The smallest absolute Gasteiger partial charge is 0.413 e. The quantitative estimate of drug-likeness (QED) is 0.409. The number of thiocarbonyl (C=S) groups is 1. The van der Waals surface area contributed by atoms with Crippen LogP contribution in [0, 0.1) is 0 Å². The van der Waals surface area contributed by atoms with Gasteiger partial charge in [0, 0.05) is 17.7 Å². The molecule has 124 valence electrons. The number of anilines is 2. The first-order valence-corrected chi connectivity index (χ1v) is 8.21. The lowest BCUT2D eigenvalue weighted by Gasteiger charge is -2.15.